The molecule has 1 aliphatic rings. The number of halogens is 3. The second-order valence-corrected chi connectivity index (χ2v) is 5.03. The number of hydrogen-bond donors (Lipinski definition) is 1. The molecule has 0 heterocycles. The van der Waals surface area contributed by atoms with Gasteiger partial charge >= 0.3 is 6.18 Å². The summed E-state index contributed by atoms with van der Waals surface area (Å²) in [6.07, 6.45) is -2.72. The lowest BCUT2D eigenvalue weighted by Crippen LogP contribution is -2.37. The number of anilines is 1. The van der Waals surface area contributed by atoms with Crippen molar-refractivity contribution in [2.45, 2.75) is 31.9 Å². The van der Waals surface area contributed by atoms with Gasteiger partial charge in [0, 0.05) is 17.2 Å². The second-order valence-electron chi connectivity index (χ2n) is 5.03. The third kappa shape index (κ3) is 3.08. The Bertz CT molecular complexity index is 453. The summed E-state index contributed by atoms with van der Waals surface area (Å²) in [5.74, 6) is -2.87. The minimum Gasteiger partial charge on any atom is -0.399 e. The van der Waals surface area contributed by atoms with Crippen LogP contribution in [-0.4, -0.2) is 12.0 Å². The van der Waals surface area contributed by atoms with Crippen LogP contribution in [0, 0.1) is 11.8 Å². The molecule has 104 valence electrons. The van der Waals surface area contributed by atoms with Gasteiger partial charge in [0.25, 0.3) is 0 Å². The summed E-state index contributed by atoms with van der Waals surface area (Å²) in [4.78, 5) is 12.2. The monoisotopic (exact) mass is 271 g/mol. The van der Waals surface area contributed by atoms with E-state index in [1.165, 1.54) is 12.1 Å². The Morgan fingerprint density at radius 2 is 1.68 bits per heavy atom. The molecule has 2 N–H and O–H groups in total. The van der Waals surface area contributed by atoms with Crippen molar-refractivity contribution < 1.29 is 18.0 Å². The van der Waals surface area contributed by atoms with Crippen molar-refractivity contribution in [3.8, 4) is 0 Å². The molecule has 0 amide bonds. The Kier molecular flexibility index (Phi) is 3.83. The average Bonchev–Trinajstić information content (AvgIpc) is 2.38. The highest BCUT2D eigenvalue weighted by Gasteiger charge is 2.47. The number of nitrogens with two attached hydrogens (primary N) is 1. The zero-order valence-electron chi connectivity index (χ0n) is 10.4. The van der Waals surface area contributed by atoms with Gasteiger partial charge in [0.15, 0.2) is 5.78 Å². The summed E-state index contributed by atoms with van der Waals surface area (Å²) < 4.78 is 38.9. The fourth-order valence-corrected chi connectivity index (χ4v) is 2.70. The molecule has 0 radical (unpaired) electrons. The lowest BCUT2D eigenvalue weighted by atomic mass is 9.75. The van der Waals surface area contributed by atoms with Gasteiger partial charge in [0.1, 0.15) is 0 Å². The van der Waals surface area contributed by atoms with Crippen molar-refractivity contribution in [3.05, 3.63) is 29.8 Å². The number of nitrogen functional groups attached to an aromatic ring is 1. The van der Waals surface area contributed by atoms with Crippen molar-refractivity contribution in [2.24, 2.45) is 11.8 Å². The standard InChI is InChI=1S/C14H16F3NO/c15-14(16,17)12-4-2-1-3-11(12)13(19)9-5-7-10(18)8-6-9/h5-8,11-12H,1-4,18H2. The Hall–Kier alpha value is -1.52. The van der Waals surface area contributed by atoms with Crippen LogP contribution in [0.4, 0.5) is 18.9 Å². The van der Waals surface area contributed by atoms with Crippen molar-refractivity contribution >= 4 is 11.5 Å². The smallest absolute Gasteiger partial charge is 0.392 e. The van der Waals surface area contributed by atoms with Crippen molar-refractivity contribution in [2.75, 3.05) is 5.73 Å². The summed E-state index contributed by atoms with van der Waals surface area (Å²) >= 11 is 0. The number of hydrogen-bond acceptors (Lipinski definition) is 2. The summed E-state index contributed by atoms with van der Waals surface area (Å²) in [5.41, 5.74) is 6.32. The summed E-state index contributed by atoms with van der Waals surface area (Å²) in [5, 5.41) is 0. The molecule has 2 rings (SSSR count). The van der Waals surface area contributed by atoms with Crippen LogP contribution in [0.25, 0.3) is 0 Å². The van der Waals surface area contributed by atoms with E-state index in [1.807, 2.05) is 0 Å². The van der Waals surface area contributed by atoms with Crippen LogP contribution in [-0.2, 0) is 0 Å². The molecular weight excluding hydrogens is 255 g/mol. The van der Waals surface area contributed by atoms with E-state index in [9.17, 15) is 18.0 Å². The van der Waals surface area contributed by atoms with E-state index in [0.29, 0.717) is 30.5 Å². The lowest BCUT2D eigenvalue weighted by molar-refractivity contribution is -0.190. The number of rotatable bonds is 2. The quantitative estimate of drug-likeness (QED) is 0.656. The lowest BCUT2D eigenvalue weighted by Gasteiger charge is -2.32. The first-order chi connectivity index (χ1) is 8.89. The fraction of sp³-hybridized carbons (Fsp3) is 0.500. The molecule has 0 aromatic heterocycles. The third-order valence-electron chi connectivity index (χ3n) is 3.72. The van der Waals surface area contributed by atoms with Crippen molar-refractivity contribution in [1.82, 2.24) is 0 Å². The molecule has 1 aromatic rings. The molecule has 2 atom stereocenters. The Labute approximate surface area is 109 Å². The van der Waals surface area contributed by atoms with Crippen LogP contribution in [0.2, 0.25) is 0 Å². The van der Waals surface area contributed by atoms with Gasteiger partial charge in [0.2, 0.25) is 0 Å². The minimum atomic E-state index is -4.30. The number of ketones is 1. The summed E-state index contributed by atoms with van der Waals surface area (Å²) in [6, 6.07) is 6.08. The molecule has 0 bridgehead atoms. The molecule has 19 heavy (non-hydrogen) atoms. The Morgan fingerprint density at radius 3 is 2.26 bits per heavy atom. The van der Waals surface area contributed by atoms with Crippen LogP contribution < -0.4 is 5.73 Å². The van der Waals surface area contributed by atoms with Gasteiger partial charge in [0.05, 0.1) is 5.92 Å². The molecule has 5 heteroatoms. The molecule has 2 nitrogen and oxygen atoms in total. The van der Waals surface area contributed by atoms with Crippen molar-refractivity contribution in [3.63, 3.8) is 0 Å². The third-order valence-corrected chi connectivity index (χ3v) is 3.72. The topological polar surface area (TPSA) is 43.1 Å². The highest BCUT2D eigenvalue weighted by molar-refractivity contribution is 5.98. The van der Waals surface area contributed by atoms with Gasteiger partial charge in [-0.2, -0.15) is 13.2 Å². The first-order valence-corrected chi connectivity index (χ1v) is 6.36. The van der Waals surface area contributed by atoms with Gasteiger partial charge in [-0.05, 0) is 37.1 Å². The predicted molar refractivity (Wildman–Crippen MR) is 66.7 cm³/mol. The number of carbonyl (C=O) groups is 1. The number of alkyl halides is 3. The number of carbonyl (C=O) groups excluding carboxylic acids is 1. The fourth-order valence-electron chi connectivity index (χ4n) is 2.70. The highest BCUT2D eigenvalue weighted by Crippen LogP contribution is 2.42. The van der Waals surface area contributed by atoms with E-state index in [1.54, 1.807) is 12.1 Å². The first-order valence-electron chi connectivity index (χ1n) is 6.36. The zero-order valence-corrected chi connectivity index (χ0v) is 10.4. The molecule has 1 fully saturated rings. The van der Waals surface area contributed by atoms with E-state index in [-0.39, 0.29) is 6.42 Å². The van der Waals surface area contributed by atoms with Gasteiger partial charge < -0.3 is 5.73 Å². The van der Waals surface area contributed by atoms with Gasteiger partial charge in [-0.15, -0.1) is 0 Å². The summed E-state index contributed by atoms with van der Waals surface area (Å²) in [6.45, 7) is 0. The molecule has 1 aromatic carbocycles. The Morgan fingerprint density at radius 1 is 1.11 bits per heavy atom. The number of Topliss-reactive ketones (excluding diaryl/α,β-unsaturated/α-hetero) is 1. The molecule has 1 aliphatic carbocycles. The molecule has 2 unspecified atom stereocenters. The SMILES string of the molecule is Nc1ccc(C(=O)C2CCCCC2C(F)(F)F)cc1. The zero-order chi connectivity index (χ0) is 14.0. The molecular formula is C14H16F3NO. The van der Waals surface area contributed by atoms with Gasteiger partial charge in [-0.3, -0.25) is 4.79 Å². The molecule has 0 spiro atoms. The van der Waals surface area contributed by atoms with E-state index in [4.69, 9.17) is 5.73 Å². The summed E-state index contributed by atoms with van der Waals surface area (Å²) in [7, 11) is 0. The van der Waals surface area contributed by atoms with E-state index >= 15 is 0 Å². The molecule has 1 saturated carbocycles. The van der Waals surface area contributed by atoms with Crippen LogP contribution in [0.5, 0.6) is 0 Å². The second kappa shape index (κ2) is 5.23. The molecule has 0 aliphatic heterocycles. The normalized spacial score (nSPS) is 24.2. The van der Waals surface area contributed by atoms with Crippen LogP contribution in [0.15, 0.2) is 24.3 Å². The van der Waals surface area contributed by atoms with Crippen LogP contribution in [0.1, 0.15) is 36.0 Å². The first kappa shape index (κ1) is 13.9. The minimum absolute atomic E-state index is 0.0505. The van der Waals surface area contributed by atoms with Crippen LogP contribution >= 0.6 is 0 Å². The van der Waals surface area contributed by atoms with Crippen LogP contribution in [0.3, 0.4) is 0 Å². The predicted octanol–water partition coefficient (Wildman–Crippen LogP) is 3.82. The Balaban J connectivity index is 2.22. The largest absolute Gasteiger partial charge is 0.399 e. The highest BCUT2D eigenvalue weighted by atomic mass is 19.4. The van der Waals surface area contributed by atoms with E-state index in [2.05, 4.69) is 0 Å². The maximum absolute atomic E-state index is 13.0. The van der Waals surface area contributed by atoms with Gasteiger partial charge in [-0.25, -0.2) is 0 Å². The van der Waals surface area contributed by atoms with Crippen molar-refractivity contribution in [1.29, 1.82) is 0 Å². The molecule has 0 saturated heterocycles. The van der Waals surface area contributed by atoms with Gasteiger partial charge in [-0.1, -0.05) is 12.8 Å². The van der Waals surface area contributed by atoms with E-state index in [0.717, 1.165) is 0 Å². The maximum Gasteiger partial charge on any atom is 0.392 e. The number of benzene rings is 1. The maximum atomic E-state index is 13.0. The van der Waals surface area contributed by atoms with E-state index < -0.39 is 23.8 Å². The average molecular weight is 271 g/mol.